The lowest BCUT2D eigenvalue weighted by atomic mass is 9.73. The summed E-state index contributed by atoms with van der Waals surface area (Å²) >= 11 is 0. The van der Waals surface area contributed by atoms with Crippen LogP contribution in [0.25, 0.3) is 4.85 Å². The Morgan fingerprint density at radius 2 is 1.35 bits per heavy atom. The lowest BCUT2D eigenvalue weighted by Gasteiger charge is -2.45. The van der Waals surface area contributed by atoms with Crippen LogP contribution in [0.2, 0.25) is 0 Å². The van der Waals surface area contributed by atoms with Crippen molar-refractivity contribution in [3.63, 3.8) is 0 Å². The molecule has 2 aromatic rings. The van der Waals surface area contributed by atoms with Crippen LogP contribution in [0, 0.1) is 12.5 Å². The molecule has 2 heteroatoms. The van der Waals surface area contributed by atoms with Crippen molar-refractivity contribution < 1.29 is 4.48 Å². The zero-order valence-electron chi connectivity index (χ0n) is 15.9. The van der Waals surface area contributed by atoms with Crippen molar-refractivity contribution in [1.29, 1.82) is 0 Å². The second kappa shape index (κ2) is 6.56. The van der Waals surface area contributed by atoms with Gasteiger partial charge in [0.15, 0.2) is 0 Å². The number of hydrogen-bond acceptors (Lipinski definition) is 0. The molecule has 4 rings (SSSR count). The molecule has 2 aliphatic heterocycles. The summed E-state index contributed by atoms with van der Waals surface area (Å²) in [5.41, 5.74) is 1.74. The highest BCUT2D eigenvalue weighted by Gasteiger charge is 2.52. The summed E-state index contributed by atoms with van der Waals surface area (Å²) in [6.07, 6.45) is 6.18. The van der Waals surface area contributed by atoms with Gasteiger partial charge < -0.3 is 4.48 Å². The minimum absolute atomic E-state index is 0.554. The van der Waals surface area contributed by atoms with Gasteiger partial charge in [0.05, 0.1) is 26.2 Å². The van der Waals surface area contributed by atoms with Crippen LogP contribution < -0.4 is 0 Å². The molecular formula is C24H29N2+. The number of quaternary nitrogens is 1. The van der Waals surface area contributed by atoms with E-state index in [1.54, 1.807) is 0 Å². The van der Waals surface area contributed by atoms with Crippen molar-refractivity contribution in [2.45, 2.75) is 49.7 Å². The number of nitrogens with zero attached hydrogens (tertiary/aromatic N) is 2. The predicted molar refractivity (Wildman–Crippen MR) is 107 cm³/mol. The predicted octanol–water partition coefficient (Wildman–Crippen LogP) is 5.26. The van der Waals surface area contributed by atoms with Gasteiger partial charge in [0.1, 0.15) is 0 Å². The van der Waals surface area contributed by atoms with Gasteiger partial charge in [0.25, 0.3) is 5.54 Å². The fourth-order valence-electron chi connectivity index (χ4n) is 5.58. The van der Waals surface area contributed by atoms with Gasteiger partial charge in [0, 0.05) is 43.2 Å². The first-order chi connectivity index (χ1) is 12.6. The second-order valence-corrected chi connectivity index (χ2v) is 8.76. The van der Waals surface area contributed by atoms with Crippen LogP contribution >= 0.6 is 0 Å². The Morgan fingerprint density at radius 1 is 0.885 bits per heavy atom. The quantitative estimate of drug-likeness (QED) is 0.526. The first-order valence-electron chi connectivity index (χ1n) is 9.89. The van der Waals surface area contributed by atoms with Crippen LogP contribution in [-0.2, 0) is 5.54 Å². The van der Waals surface area contributed by atoms with Gasteiger partial charge in [-0.2, -0.15) is 0 Å². The lowest BCUT2D eigenvalue weighted by molar-refractivity contribution is -0.931. The molecule has 2 saturated heterocycles. The number of rotatable bonds is 4. The van der Waals surface area contributed by atoms with Crippen LogP contribution in [0.3, 0.4) is 0 Å². The van der Waals surface area contributed by atoms with Crippen molar-refractivity contribution in [2.24, 2.45) is 5.92 Å². The largest absolute Gasteiger partial charge is 0.324 e. The van der Waals surface area contributed by atoms with E-state index in [-0.39, 0.29) is 0 Å². The van der Waals surface area contributed by atoms with E-state index in [1.165, 1.54) is 30.2 Å². The standard InChI is InChI=1S/C24H29N2/c1-25-24(20-10-6-4-7-11-20,21-12-8-5-9-13-21)18-19-16-22-14-15-23(17-19)26(22,2)3/h4-13,19,22-23H,14-18H2,2-3H3/q+1. The Kier molecular flexibility index (Phi) is 4.37. The third-order valence-electron chi connectivity index (χ3n) is 7.20. The molecule has 2 nitrogen and oxygen atoms in total. The topological polar surface area (TPSA) is 4.36 Å². The van der Waals surface area contributed by atoms with Gasteiger partial charge >= 0.3 is 0 Å². The van der Waals surface area contributed by atoms with Crippen LogP contribution in [0.15, 0.2) is 60.7 Å². The Bertz CT molecular complexity index is 732. The molecule has 0 aromatic heterocycles. The minimum atomic E-state index is -0.554. The molecule has 0 saturated carbocycles. The first-order valence-corrected chi connectivity index (χ1v) is 9.89. The van der Waals surface area contributed by atoms with Gasteiger partial charge in [-0.15, -0.1) is 0 Å². The fourth-order valence-corrected chi connectivity index (χ4v) is 5.58. The second-order valence-electron chi connectivity index (χ2n) is 8.76. The van der Waals surface area contributed by atoms with Crippen molar-refractivity contribution in [3.8, 4) is 0 Å². The monoisotopic (exact) mass is 345 g/mol. The Labute approximate surface area is 157 Å². The van der Waals surface area contributed by atoms with E-state index in [4.69, 9.17) is 6.57 Å². The molecule has 0 radical (unpaired) electrons. The highest BCUT2D eigenvalue weighted by molar-refractivity contribution is 5.42. The average molecular weight is 346 g/mol. The fraction of sp³-hybridized carbons (Fsp3) is 0.458. The molecule has 2 fully saturated rings. The normalized spacial score (nSPS) is 27.0. The molecule has 2 unspecified atom stereocenters. The third-order valence-corrected chi connectivity index (χ3v) is 7.20. The van der Waals surface area contributed by atoms with Crippen LogP contribution in [0.5, 0.6) is 0 Å². The highest BCUT2D eigenvalue weighted by Crippen LogP contribution is 2.48. The molecule has 2 aromatic carbocycles. The molecule has 2 heterocycles. The van der Waals surface area contributed by atoms with Crippen LogP contribution in [-0.4, -0.2) is 30.7 Å². The summed E-state index contributed by atoms with van der Waals surface area (Å²) in [7, 11) is 4.82. The lowest BCUT2D eigenvalue weighted by Crippen LogP contribution is -2.55. The summed E-state index contributed by atoms with van der Waals surface area (Å²) in [6, 6.07) is 22.5. The maximum absolute atomic E-state index is 8.22. The molecule has 2 bridgehead atoms. The molecule has 26 heavy (non-hydrogen) atoms. The Morgan fingerprint density at radius 3 is 1.77 bits per heavy atom. The maximum Gasteiger partial charge on any atom is 0.282 e. The van der Waals surface area contributed by atoms with Gasteiger partial charge in [-0.3, -0.25) is 4.85 Å². The molecule has 0 amide bonds. The minimum Gasteiger partial charge on any atom is -0.324 e. The number of benzene rings is 2. The van der Waals surface area contributed by atoms with E-state index in [1.807, 2.05) is 12.1 Å². The van der Waals surface area contributed by atoms with E-state index >= 15 is 0 Å². The SMILES string of the molecule is [C-]#[N+]C(CC1CC2CCC(C1)[N+]2(C)C)(c1ccccc1)c1ccccc1. The van der Waals surface area contributed by atoms with E-state index in [9.17, 15) is 0 Å². The Balaban J connectivity index is 1.70. The Hall–Kier alpha value is -2.11. The van der Waals surface area contributed by atoms with Crippen molar-refractivity contribution in [2.75, 3.05) is 14.1 Å². The third kappa shape index (κ3) is 2.75. The van der Waals surface area contributed by atoms with Crippen LogP contribution in [0.4, 0.5) is 0 Å². The summed E-state index contributed by atoms with van der Waals surface area (Å²) in [6.45, 7) is 8.22. The van der Waals surface area contributed by atoms with Gasteiger partial charge in [0.2, 0.25) is 0 Å². The summed E-state index contributed by atoms with van der Waals surface area (Å²) in [5, 5.41) is 0. The van der Waals surface area contributed by atoms with Gasteiger partial charge in [-0.1, -0.05) is 60.7 Å². The molecule has 0 spiro atoms. The molecule has 0 aliphatic carbocycles. The van der Waals surface area contributed by atoms with Gasteiger partial charge in [-0.25, -0.2) is 6.57 Å². The zero-order chi connectivity index (χ0) is 18.2. The van der Waals surface area contributed by atoms with E-state index in [0.717, 1.165) is 29.6 Å². The maximum atomic E-state index is 8.22. The van der Waals surface area contributed by atoms with Crippen molar-refractivity contribution in [1.82, 2.24) is 0 Å². The average Bonchev–Trinajstić information content (AvgIpc) is 2.85. The summed E-state index contributed by atoms with van der Waals surface area (Å²) < 4.78 is 1.19. The summed E-state index contributed by atoms with van der Waals surface area (Å²) in [4.78, 5) is 4.31. The van der Waals surface area contributed by atoms with Gasteiger partial charge in [-0.05, 0) is 5.92 Å². The molecule has 2 aliphatic rings. The zero-order valence-corrected chi connectivity index (χ0v) is 15.9. The number of hydrogen-bond donors (Lipinski definition) is 0. The highest BCUT2D eigenvalue weighted by atomic mass is 15.4. The number of piperidine rings is 1. The van der Waals surface area contributed by atoms with Crippen molar-refractivity contribution in [3.05, 3.63) is 83.2 Å². The smallest absolute Gasteiger partial charge is 0.282 e. The number of fused-ring (bicyclic) bond motifs is 2. The molecule has 2 atom stereocenters. The first kappa shape index (κ1) is 17.3. The molecule has 0 N–H and O–H groups in total. The summed E-state index contributed by atoms with van der Waals surface area (Å²) in [5.74, 6) is 0.633. The van der Waals surface area contributed by atoms with Crippen LogP contribution in [0.1, 0.15) is 43.2 Å². The molecular weight excluding hydrogens is 316 g/mol. The van der Waals surface area contributed by atoms with E-state index in [0.29, 0.717) is 5.92 Å². The van der Waals surface area contributed by atoms with Crippen molar-refractivity contribution >= 4 is 0 Å². The van der Waals surface area contributed by atoms with E-state index in [2.05, 4.69) is 67.5 Å². The molecule has 134 valence electrons. The van der Waals surface area contributed by atoms with E-state index < -0.39 is 5.54 Å².